The maximum absolute atomic E-state index is 9.90. The fraction of sp³-hybridized carbons (Fsp3) is 0.295. The maximum Gasteiger partial charge on any atom is 0.178 e. The zero-order chi connectivity index (χ0) is 34.7. The Morgan fingerprint density at radius 2 is 1.45 bits per heavy atom. The molecule has 0 amide bonds. The third-order valence-corrected chi connectivity index (χ3v) is 11.3. The molecule has 5 aromatic carbocycles. The van der Waals surface area contributed by atoms with Gasteiger partial charge in [0, 0.05) is 59.4 Å². The van der Waals surface area contributed by atoms with E-state index in [-0.39, 0.29) is 5.41 Å². The Morgan fingerprint density at radius 1 is 0.765 bits per heavy atom. The van der Waals surface area contributed by atoms with Crippen LogP contribution < -0.4 is 19.3 Å². The number of nitriles is 1. The van der Waals surface area contributed by atoms with Crippen molar-refractivity contribution >= 4 is 28.2 Å². The molecule has 51 heavy (non-hydrogen) atoms. The minimum absolute atomic E-state index is 0.380. The second kappa shape index (κ2) is 12.2. The van der Waals surface area contributed by atoms with Crippen molar-refractivity contribution in [2.75, 3.05) is 69.5 Å². The molecule has 0 saturated carbocycles. The Morgan fingerprint density at radius 3 is 2.14 bits per heavy atom. The predicted octanol–water partition coefficient (Wildman–Crippen LogP) is 8.05. The summed E-state index contributed by atoms with van der Waals surface area (Å²) in [6.07, 6.45) is 4.51. The van der Waals surface area contributed by atoms with Crippen LogP contribution in [0.4, 0.5) is 11.4 Å². The average molecular weight is 676 g/mol. The summed E-state index contributed by atoms with van der Waals surface area (Å²) >= 11 is 0. The molecule has 1 aliphatic carbocycles. The normalized spacial score (nSPS) is 20.3. The number of hydrogen-bond acceptors (Lipinski definition) is 7. The Bertz CT molecular complexity index is 2230. The number of ether oxygens (including phenoxy) is 4. The smallest absolute Gasteiger partial charge is 0.178 e. The molecule has 256 valence electrons. The highest BCUT2D eigenvalue weighted by Crippen LogP contribution is 2.59. The van der Waals surface area contributed by atoms with Crippen LogP contribution in [0.2, 0.25) is 0 Å². The van der Waals surface area contributed by atoms with Crippen LogP contribution in [0.3, 0.4) is 0 Å². The molecule has 7 nitrogen and oxygen atoms in total. The molecule has 9 rings (SSSR count). The van der Waals surface area contributed by atoms with Crippen LogP contribution in [-0.2, 0) is 20.5 Å². The zero-order valence-corrected chi connectivity index (χ0v) is 29.4. The molecule has 0 aromatic heterocycles. The molecule has 0 N–H and O–H groups in total. The molecular formula is C44H41N3O4. The van der Waals surface area contributed by atoms with Crippen molar-refractivity contribution < 1.29 is 18.9 Å². The second-order valence-electron chi connectivity index (χ2n) is 14.3. The average Bonchev–Trinajstić information content (AvgIpc) is 3.44. The number of anilines is 2. The van der Waals surface area contributed by atoms with Gasteiger partial charge in [0.05, 0.1) is 50.9 Å². The predicted molar refractivity (Wildman–Crippen MR) is 202 cm³/mol. The third kappa shape index (κ3) is 4.92. The summed E-state index contributed by atoms with van der Waals surface area (Å²) in [4.78, 5) is 4.74. The summed E-state index contributed by atoms with van der Waals surface area (Å²) in [7, 11) is 1.75. The lowest BCUT2D eigenvalue weighted by molar-refractivity contribution is 0.122. The van der Waals surface area contributed by atoms with Crippen molar-refractivity contribution in [1.82, 2.24) is 0 Å². The molecule has 0 spiro atoms. The molecule has 2 fully saturated rings. The second-order valence-corrected chi connectivity index (χ2v) is 14.3. The fourth-order valence-electron chi connectivity index (χ4n) is 8.69. The van der Waals surface area contributed by atoms with E-state index in [9.17, 15) is 5.26 Å². The molecule has 7 heteroatoms. The quantitative estimate of drug-likeness (QED) is 0.187. The van der Waals surface area contributed by atoms with Gasteiger partial charge in [-0.15, -0.1) is 0 Å². The van der Waals surface area contributed by atoms with Crippen molar-refractivity contribution in [3.63, 3.8) is 0 Å². The molecule has 3 heterocycles. The summed E-state index contributed by atoms with van der Waals surface area (Å²) in [6, 6.07) is 32.3. The third-order valence-electron chi connectivity index (χ3n) is 11.3. The summed E-state index contributed by atoms with van der Waals surface area (Å²) in [5.41, 5.74) is 9.54. The van der Waals surface area contributed by atoms with E-state index in [4.69, 9.17) is 18.9 Å². The standard InChI is InChI=1S/C44H41N3O4/c1-43(2)37-25-29(28-45)9-14-33(37)40-35-26-38(47-19-23-50-24-20-47)39(48-3)27-36(35)42-34(41(40)43)15-16-44(51-42,30-7-5-4-6-8-30)31-10-12-32(13-11-31)46-17-21-49-22-18-46/h4-16,25-27H,17-24H2,1-3H3. The first-order chi connectivity index (χ1) is 24.9. The number of methoxy groups -OCH3 is 1. The van der Waals surface area contributed by atoms with Gasteiger partial charge in [-0.3, -0.25) is 0 Å². The van der Waals surface area contributed by atoms with Gasteiger partial charge in [-0.1, -0.05) is 68.5 Å². The lowest BCUT2D eigenvalue weighted by Crippen LogP contribution is -2.37. The van der Waals surface area contributed by atoms with Gasteiger partial charge in [0.2, 0.25) is 0 Å². The van der Waals surface area contributed by atoms with E-state index in [1.807, 2.05) is 6.07 Å². The van der Waals surface area contributed by atoms with Crippen molar-refractivity contribution in [2.24, 2.45) is 0 Å². The number of hydrogen-bond donors (Lipinski definition) is 0. The first-order valence-corrected chi connectivity index (χ1v) is 17.9. The van der Waals surface area contributed by atoms with Crippen LogP contribution >= 0.6 is 0 Å². The Balaban J connectivity index is 1.30. The molecule has 2 saturated heterocycles. The highest BCUT2D eigenvalue weighted by atomic mass is 16.5. The summed E-state index contributed by atoms with van der Waals surface area (Å²) in [5.74, 6) is 1.64. The number of rotatable bonds is 5. The van der Waals surface area contributed by atoms with Crippen molar-refractivity contribution in [3.8, 4) is 28.7 Å². The van der Waals surface area contributed by atoms with Gasteiger partial charge in [-0.25, -0.2) is 0 Å². The van der Waals surface area contributed by atoms with E-state index in [1.54, 1.807) is 7.11 Å². The first-order valence-electron chi connectivity index (χ1n) is 17.9. The van der Waals surface area contributed by atoms with Crippen LogP contribution in [0.1, 0.15) is 47.2 Å². The highest BCUT2D eigenvalue weighted by molar-refractivity contribution is 6.10. The SMILES string of the molecule is COc1cc2c3c(c4c(c2cc1N1CCOCC1)-c1ccc(C#N)cc1C4(C)C)C=CC(c1ccccc1)(c1ccc(N2CCOCC2)cc1)O3. The van der Waals surface area contributed by atoms with Crippen LogP contribution in [0, 0.1) is 11.3 Å². The molecule has 0 bridgehead atoms. The molecule has 4 aliphatic rings. The summed E-state index contributed by atoms with van der Waals surface area (Å²) in [6.45, 7) is 10.7. The van der Waals surface area contributed by atoms with Gasteiger partial charge in [0.15, 0.2) is 5.60 Å². The van der Waals surface area contributed by atoms with Gasteiger partial charge in [-0.2, -0.15) is 5.26 Å². The van der Waals surface area contributed by atoms with E-state index < -0.39 is 5.60 Å². The number of nitrogens with zero attached hydrogens (tertiary/aromatic N) is 3. The van der Waals surface area contributed by atoms with Gasteiger partial charge in [0.1, 0.15) is 11.5 Å². The highest BCUT2D eigenvalue weighted by Gasteiger charge is 2.44. The number of fused-ring (bicyclic) bond motifs is 8. The van der Waals surface area contributed by atoms with E-state index in [2.05, 4.69) is 121 Å². The molecule has 5 aromatic rings. The van der Waals surface area contributed by atoms with Gasteiger partial charge >= 0.3 is 0 Å². The van der Waals surface area contributed by atoms with Crippen LogP contribution in [0.15, 0.2) is 91.0 Å². The first kappa shape index (κ1) is 31.7. The summed E-state index contributed by atoms with van der Waals surface area (Å²) in [5, 5.41) is 12.0. The van der Waals surface area contributed by atoms with Crippen molar-refractivity contribution in [3.05, 3.63) is 124 Å². The molecule has 1 atom stereocenters. The van der Waals surface area contributed by atoms with E-state index >= 15 is 0 Å². The van der Waals surface area contributed by atoms with Gasteiger partial charge < -0.3 is 28.7 Å². The summed E-state index contributed by atoms with van der Waals surface area (Å²) < 4.78 is 25.1. The van der Waals surface area contributed by atoms with E-state index in [0.717, 1.165) is 95.2 Å². The van der Waals surface area contributed by atoms with Crippen LogP contribution in [0.5, 0.6) is 11.5 Å². The van der Waals surface area contributed by atoms with Crippen molar-refractivity contribution in [2.45, 2.75) is 24.9 Å². The Kier molecular flexibility index (Phi) is 7.57. The largest absolute Gasteiger partial charge is 0.495 e. The minimum atomic E-state index is -0.876. The number of morpholine rings is 2. The fourth-order valence-corrected chi connectivity index (χ4v) is 8.69. The van der Waals surface area contributed by atoms with Gasteiger partial charge in [-0.05, 0) is 70.1 Å². The Labute approximate surface area is 299 Å². The minimum Gasteiger partial charge on any atom is -0.495 e. The topological polar surface area (TPSA) is 67.2 Å². The van der Waals surface area contributed by atoms with Gasteiger partial charge in [0.25, 0.3) is 0 Å². The monoisotopic (exact) mass is 675 g/mol. The van der Waals surface area contributed by atoms with E-state index in [1.165, 1.54) is 16.8 Å². The molecule has 3 aliphatic heterocycles. The van der Waals surface area contributed by atoms with E-state index in [0.29, 0.717) is 18.8 Å². The Hall–Kier alpha value is -5.29. The molecule has 1 unspecified atom stereocenters. The maximum atomic E-state index is 9.90. The number of benzene rings is 5. The van der Waals surface area contributed by atoms with Crippen LogP contribution in [0.25, 0.3) is 28.0 Å². The lowest BCUT2D eigenvalue weighted by atomic mass is 9.76. The zero-order valence-electron chi connectivity index (χ0n) is 29.4. The molecule has 0 radical (unpaired) electrons. The lowest BCUT2D eigenvalue weighted by Gasteiger charge is -2.39. The van der Waals surface area contributed by atoms with Crippen molar-refractivity contribution in [1.29, 1.82) is 5.26 Å². The van der Waals surface area contributed by atoms with Crippen LogP contribution in [-0.4, -0.2) is 59.7 Å². The molecular weight excluding hydrogens is 635 g/mol.